The van der Waals surface area contributed by atoms with Crippen LogP contribution in [0.15, 0.2) is 54.6 Å². The molecule has 2 heterocycles. The minimum absolute atomic E-state index is 0.0329. The fraction of sp³-hybridized carbons (Fsp3) is 0.391. The van der Waals surface area contributed by atoms with E-state index in [0.717, 1.165) is 34.7 Å². The van der Waals surface area contributed by atoms with Gasteiger partial charge in [0.25, 0.3) is 0 Å². The smallest absolute Gasteiger partial charge is 0.317 e. The summed E-state index contributed by atoms with van der Waals surface area (Å²) in [6.07, 6.45) is 3.59. The van der Waals surface area contributed by atoms with Crippen LogP contribution in [0.1, 0.15) is 29.8 Å². The van der Waals surface area contributed by atoms with E-state index in [2.05, 4.69) is 51.6 Å². The van der Waals surface area contributed by atoms with Crippen LogP contribution in [0.25, 0.3) is 10.2 Å². The van der Waals surface area contributed by atoms with Gasteiger partial charge in [0, 0.05) is 26.2 Å². The van der Waals surface area contributed by atoms with E-state index >= 15 is 0 Å². The molecule has 1 atom stereocenters. The van der Waals surface area contributed by atoms with E-state index < -0.39 is 0 Å². The van der Waals surface area contributed by atoms with Gasteiger partial charge < -0.3 is 10.2 Å². The van der Waals surface area contributed by atoms with E-state index in [-0.39, 0.29) is 6.03 Å². The molecule has 1 unspecified atom stereocenters. The first-order valence-electron chi connectivity index (χ1n) is 10.3. The zero-order valence-electron chi connectivity index (χ0n) is 16.9. The Morgan fingerprint density at radius 2 is 1.97 bits per heavy atom. The molecule has 2 amide bonds. The molecule has 1 aromatic heterocycles. The number of carbonyl (C=O) groups excluding carboxylic acids is 1. The molecule has 4 rings (SSSR count). The van der Waals surface area contributed by atoms with E-state index in [1.54, 1.807) is 16.2 Å². The molecule has 1 aliphatic rings. The number of hydrogen-bond acceptors (Lipinski definition) is 4. The van der Waals surface area contributed by atoms with Crippen LogP contribution >= 0.6 is 11.3 Å². The van der Waals surface area contributed by atoms with E-state index in [0.29, 0.717) is 19.1 Å². The SMILES string of the molecule is CN(Cc1nc2ccccc2s1)C(=O)NCC1CCCCN1Cc1ccccc1. The number of hydrogen-bond donors (Lipinski definition) is 1. The summed E-state index contributed by atoms with van der Waals surface area (Å²) in [5.74, 6) is 0. The quantitative estimate of drug-likeness (QED) is 0.654. The highest BCUT2D eigenvalue weighted by Gasteiger charge is 2.23. The largest absolute Gasteiger partial charge is 0.336 e. The summed E-state index contributed by atoms with van der Waals surface area (Å²) >= 11 is 1.65. The van der Waals surface area contributed by atoms with Crippen molar-refractivity contribution in [1.29, 1.82) is 0 Å². The van der Waals surface area contributed by atoms with E-state index in [1.807, 2.05) is 25.2 Å². The first-order chi connectivity index (χ1) is 14.2. The van der Waals surface area contributed by atoms with Gasteiger partial charge in [-0.2, -0.15) is 0 Å². The number of thiazole rings is 1. The number of nitrogens with one attached hydrogen (secondary N) is 1. The van der Waals surface area contributed by atoms with E-state index in [4.69, 9.17) is 0 Å². The van der Waals surface area contributed by atoms with Gasteiger partial charge in [0.2, 0.25) is 0 Å². The summed E-state index contributed by atoms with van der Waals surface area (Å²) in [7, 11) is 1.84. The van der Waals surface area contributed by atoms with Gasteiger partial charge in [-0.15, -0.1) is 11.3 Å². The first kappa shape index (κ1) is 19.9. The van der Waals surface area contributed by atoms with Crippen molar-refractivity contribution < 1.29 is 4.79 Å². The number of likely N-dealkylation sites (tertiary alicyclic amines) is 1. The Labute approximate surface area is 176 Å². The molecule has 0 bridgehead atoms. The molecule has 29 heavy (non-hydrogen) atoms. The van der Waals surface area contributed by atoms with E-state index in [1.165, 1.54) is 18.4 Å². The molecule has 0 aliphatic carbocycles. The number of nitrogens with zero attached hydrogens (tertiary/aromatic N) is 3. The number of aromatic nitrogens is 1. The van der Waals surface area contributed by atoms with Gasteiger partial charge in [-0.05, 0) is 37.1 Å². The third-order valence-electron chi connectivity index (χ3n) is 5.52. The number of piperidine rings is 1. The number of rotatable bonds is 6. The lowest BCUT2D eigenvalue weighted by Gasteiger charge is -2.36. The number of carbonyl (C=O) groups is 1. The lowest BCUT2D eigenvalue weighted by molar-refractivity contribution is 0.135. The summed E-state index contributed by atoms with van der Waals surface area (Å²) in [6.45, 7) is 3.26. The lowest BCUT2D eigenvalue weighted by atomic mass is 10.0. The summed E-state index contributed by atoms with van der Waals surface area (Å²) < 4.78 is 1.16. The van der Waals surface area contributed by atoms with Crippen molar-refractivity contribution in [3.05, 3.63) is 65.2 Å². The van der Waals surface area contributed by atoms with Gasteiger partial charge in [-0.1, -0.05) is 48.9 Å². The van der Waals surface area contributed by atoms with Gasteiger partial charge >= 0.3 is 6.03 Å². The number of para-hydroxylation sites is 1. The van der Waals surface area contributed by atoms with Crippen LogP contribution in [0, 0.1) is 0 Å². The Bertz CT molecular complexity index is 909. The maximum absolute atomic E-state index is 12.6. The molecule has 152 valence electrons. The second-order valence-corrected chi connectivity index (χ2v) is 8.84. The zero-order valence-corrected chi connectivity index (χ0v) is 17.7. The summed E-state index contributed by atoms with van der Waals surface area (Å²) in [5, 5.41) is 4.11. The summed E-state index contributed by atoms with van der Waals surface area (Å²) in [5.41, 5.74) is 2.33. The number of urea groups is 1. The molecule has 1 N–H and O–H groups in total. The molecule has 1 saturated heterocycles. The van der Waals surface area contributed by atoms with Crippen LogP contribution in [0.2, 0.25) is 0 Å². The van der Waals surface area contributed by atoms with Crippen molar-refractivity contribution in [3.8, 4) is 0 Å². The van der Waals surface area contributed by atoms with Crippen LogP contribution in [0.5, 0.6) is 0 Å². The minimum atomic E-state index is -0.0329. The Morgan fingerprint density at radius 1 is 1.17 bits per heavy atom. The molecule has 2 aromatic carbocycles. The molecular weight excluding hydrogens is 380 g/mol. The fourth-order valence-corrected chi connectivity index (χ4v) is 4.94. The zero-order chi connectivity index (χ0) is 20.1. The van der Waals surface area contributed by atoms with Crippen molar-refractivity contribution >= 4 is 27.6 Å². The fourth-order valence-electron chi connectivity index (χ4n) is 3.92. The Kier molecular flexibility index (Phi) is 6.42. The van der Waals surface area contributed by atoms with Crippen LogP contribution in [-0.4, -0.2) is 47.0 Å². The summed E-state index contributed by atoms with van der Waals surface area (Å²) in [4.78, 5) is 21.5. The Morgan fingerprint density at radius 3 is 2.79 bits per heavy atom. The highest BCUT2D eigenvalue weighted by atomic mass is 32.1. The Hall–Kier alpha value is -2.44. The second kappa shape index (κ2) is 9.37. The third kappa shape index (κ3) is 5.14. The van der Waals surface area contributed by atoms with Gasteiger partial charge in [0.1, 0.15) is 5.01 Å². The van der Waals surface area contributed by atoms with Gasteiger partial charge in [-0.25, -0.2) is 9.78 Å². The molecule has 1 fully saturated rings. The predicted molar refractivity (Wildman–Crippen MR) is 119 cm³/mol. The van der Waals surface area contributed by atoms with Crippen LogP contribution in [0.4, 0.5) is 4.79 Å². The highest BCUT2D eigenvalue weighted by molar-refractivity contribution is 7.18. The topological polar surface area (TPSA) is 48.5 Å². The van der Waals surface area contributed by atoms with E-state index in [9.17, 15) is 4.79 Å². The highest BCUT2D eigenvalue weighted by Crippen LogP contribution is 2.22. The average Bonchev–Trinajstić information content (AvgIpc) is 3.16. The van der Waals surface area contributed by atoms with Crippen molar-refractivity contribution in [2.45, 2.75) is 38.4 Å². The summed E-state index contributed by atoms with van der Waals surface area (Å²) in [6, 6.07) is 19.0. The number of benzene rings is 2. The third-order valence-corrected chi connectivity index (χ3v) is 6.54. The average molecular weight is 409 g/mol. The van der Waals surface area contributed by atoms with Gasteiger partial charge in [-0.3, -0.25) is 4.90 Å². The van der Waals surface area contributed by atoms with Crippen molar-refractivity contribution in [1.82, 2.24) is 20.1 Å². The Balaban J connectivity index is 1.31. The molecule has 6 heteroatoms. The number of fused-ring (bicyclic) bond motifs is 1. The molecular formula is C23H28N4OS. The van der Waals surface area contributed by atoms with Crippen molar-refractivity contribution in [2.24, 2.45) is 0 Å². The maximum Gasteiger partial charge on any atom is 0.317 e. The van der Waals surface area contributed by atoms with Gasteiger partial charge in [0.15, 0.2) is 0 Å². The standard InChI is InChI=1S/C23H28N4OS/c1-26(17-22-25-20-12-5-6-13-21(20)29-22)23(28)24-15-19-11-7-8-14-27(19)16-18-9-3-2-4-10-18/h2-6,9-10,12-13,19H,7-8,11,14-17H2,1H3,(H,24,28). The molecule has 0 saturated carbocycles. The molecule has 0 radical (unpaired) electrons. The second-order valence-electron chi connectivity index (χ2n) is 7.72. The van der Waals surface area contributed by atoms with Crippen molar-refractivity contribution in [3.63, 3.8) is 0 Å². The lowest BCUT2D eigenvalue weighted by Crippen LogP contribution is -2.48. The van der Waals surface area contributed by atoms with Gasteiger partial charge in [0.05, 0.1) is 16.8 Å². The predicted octanol–water partition coefficient (Wildman–Crippen LogP) is 4.49. The molecule has 5 nitrogen and oxygen atoms in total. The van der Waals surface area contributed by atoms with Crippen LogP contribution < -0.4 is 5.32 Å². The first-order valence-corrected chi connectivity index (χ1v) is 11.1. The number of amides is 2. The van der Waals surface area contributed by atoms with Crippen LogP contribution in [-0.2, 0) is 13.1 Å². The normalized spacial score (nSPS) is 17.3. The van der Waals surface area contributed by atoms with Crippen molar-refractivity contribution in [2.75, 3.05) is 20.1 Å². The minimum Gasteiger partial charge on any atom is -0.336 e. The van der Waals surface area contributed by atoms with Crippen LogP contribution in [0.3, 0.4) is 0 Å². The monoisotopic (exact) mass is 408 g/mol. The molecule has 1 aliphatic heterocycles. The molecule has 3 aromatic rings. The maximum atomic E-state index is 12.6. The molecule has 0 spiro atoms.